The molecule has 0 atom stereocenters. The molecule has 4 heteroatoms. The Balaban J connectivity index is 2.68. The van der Waals surface area contributed by atoms with Crippen molar-refractivity contribution in [3.05, 3.63) is 42.0 Å². The molecule has 0 spiro atoms. The molecule has 0 unspecified atom stereocenters. The van der Waals surface area contributed by atoms with E-state index in [1.165, 1.54) is 0 Å². The highest BCUT2D eigenvalue weighted by Gasteiger charge is 2.18. The molecule has 0 bridgehead atoms. The number of ether oxygens (including phenoxy) is 3. The van der Waals surface area contributed by atoms with Gasteiger partial charge < -0.3 is 19.9 Å². The summed E-state index contributed by atoms with van der Waals surface area (Å²) in [4.78, 5) is 0. The molecule has 106 valence electrons. The maximum atomic E-state index is 5.81. The number of methoxy groups -OCH3 is 3. The Labute approximate surface area is 119 Å². The second-order valence-corrected chi connectivity index (χ2v) is 4.24. The van der Waals surface area contributed by atoms with Crippen LogP contribution < -0.4 is 19.9 Å². The van der Waals surface area contributed by atoms with Crippen molar-refractivity contribution in [1.29, 1.82) is 0 Å². The highest BCUT2D eigenvalue weighted by atomic mass is 16.5. The summed E-state index contributed by atoms with van der Waals surface area (Å²) in [5.74, 6) is 1.87. The Hall–Kier alpha value is -2.20. The molecule has 2 aromatic rings. The van der Waals surface area contributed by atoms with E-state index < -0.39 is 0 Å². The van der Waals surface area contributed by atoms with Gasteiger partial charge in [0.05, 0.1) is 21.3 Å². The summed E-state index contributed by atoms with van der Waals surface area (Å²) in [7, 11) is 4.82. The van der Waals surface area contributed by atoms with Crippen LogP contribution in [0.2, 0.25) is 0 Å². The van der Waals surface area contributed by atoms with E-state index in [-0.39, 0.29) is 0 Å². The van der Waals surface area contributed by atoms with Gasteiger partial charge in [0, 0.05) is 12.1 Å². The van der Waals surface area contributed by atoms with Crippen LogP contribution in [0.4, 0.5) is 0 Å². The fourth-order valence-electron chi connectivity index (χ4n) is 2.27. The molecule has 0 aliphatic rings. The second kappa shape index (κ2) is 6.30. The minimum absolute atomic E-state index is 0.466. The van der Waals surface area contributed by atoms with Crippen molar-refractivity contribution in [3.8, 4) is 28.4 Å². The van der Waals surface area contributed by atoms with E-state index in [9.17, 15) is 0 Å². The molecule has 2 rings (SSSR count). The average Bonchev–Trinajstić information content (AvgIpc) is 2.53. The Morgan fingerprint density at radius 2 is 1.50 bits per heavy atom. The molecular weight excluding hydrogens is 254 g/mol. The highest BCUT2D eigenvalue weighted by Crippen LogP contribution is 2.44. The normalized spacial score (nSPS) is 10.2. The summed E-state index contributed by atoms with van der Waals surface area (Å²) < 4.78 is 16.2. The lowest BCUT2D eigenvalue weighted by Crippen LogP contribution is -2.01. The van der Waals surface area contributed by atoms with Gasteiger partial charge >= 0.3 is 0 Å². The van der Waals surface area contributed by atoms with Crippen LogP contribution in [-0.4, -0.2) is 21.3 Å². The fourth-order valence-corrected chi connectivity index (χ4v) is 2.27. The van der Waals surface area contributed by atoms with E-state index in [1.807, 2.05) is 36.4 Å². The van der Waals surface area contributed by atoms with Crippen molar-refractivity contribution >= 4 is 0 Å². The van der Waals surface area contributed by atoms with Crippen molar-refractivity contribution in [2.24, 2.45) is 5.73 Å². The van der Waals surface area contributed by atoms with Crippen LogP contribution in [-0.2, 0) is 6.54 Å². The molecule has 0 saturated heterocycles. The summed E-state index contributed by atoms with van der Waals surface area (Å²) in [6.45, 7) is 0.466. The third-order valence-electron chi connectivity index (χ3n) is 3.23. The largest absolute Gasteiger partial charge is 0.493 e. The van der Waals surface area contributed by atoms with Gasteiger partial charge in [-0.15, -0.1) is 0 Å². The van der Waals surface area contributed by atoms with Crippen molar-refractivity contribution in [2.75, 3.05) is 21.3 Å². The molecule has 0 amide bonds. The van der Waals surface area contributed by atoms with Crippen LogP contribution in [0.25, 0.3) is 11.1 Å². The van der Waals surface area contributed by atoms with E-state index in [1.54, 1.807) is 21.3 Å². The minimum atomic E-state index is 0.466. The predicted octanol–water partition coefficient (Wildman–Crippen LogP) is 2.84. The van der Waals surface area contributed by atoms with Crippen LogP contribution in [0.3, 0.4) is 0 Å². The topological polar surface area (TPSA) is 53.7 Å². The van der Waals surface area contributed by atoms with Crippen molar-refractivity contribution in [1.82, 2.24) is 0 Å². The molecule has 2 aromatic carbocycles. The van der Waals surface area contributed by atoms with Crippen molar-refractivity contribution < 1.29 is 14.2 Å². The smallest absolute Gasteiger partial charge is 0.203 e. The van der Waals surface area contributed by atoms with E-state index in [0.717, 1.165) is 16.7 Å². The lowest BCUT2D eigenvalue weighted by molar-refractivity contribution is 0.325. The zero-order valence-corrected chi connectivity index (χ0v) is 12.0. The molecule has 0 aromatic heterocycles. The van der Waals surface area contributed by atoms with E-state index in [4.69, 9.17) is 19.9 Å². The van der Waals surface area contributed by atoms with Gasteiger partial charge in [0.15, 0.2) is 11.5 Å². The first-order chi connectivity index (χ1) is 9.76. The van der Waals surface area contributed by atoms with Crippen LogP contribution in [0.15, 0.2) is 36.4 Å². The van der Waals surface area contributed by atoms with Gasteiger partial charge in [-0.05, 0) is 23.3 Å². The zero-order valence-electron chi connectivity index (χ0n) is 12.0. The van der Waals surface area contributed by atoms with Gasteiger partial charge in [0.2, 0.25) is 5.75 Å². The van der Waals surface area contributed by atoms with Crippen LogP contribution >= 0.6 is 0 Å². The van der Waals surface area contributed by atoms with Crippen molar-refractivity contribution in [3.63, 3.8) is 0 Å². The molecule has 4 nitrogen and oxygen atoms in total. The lowest BCUT2D eigenvalue weighted by Gasteiger charge is -2.17. The minimum Gasteiger partial charge on any atom is -0.493 e. The molecule has 0 heterocycles. The second-order valence-electron chi connectivity index (χ2n) is 4.24. The molecule has 2 N–H and O–H groups in total. The van der Waals surface area contributed by atoms with E-state index in [2.05, 4.69) is 0 Å². The SMILES string of the molecule is COc1ccc(-c2ccccc2CN)c(OC)c1OC. The Morgan fingerprint density at radius 3 is 2.10 bits per heavy atom. The molecule has 0 saturated carbocycles. The number of hydrogen-bond donors (Lipinski definition) is 1. The third-order valence-corrected chi connectivity index (χ3v) is 3.23. The third kappa shape index (κ3) is 2.42. The first kappa shape index (κ1) is 14.2. The van der Waals surface area contributed by atoms with Gasteiger partial charge in [-0.1, -0.05) is 24.3 Å². The lowest BCUT2D eigenvalue weighted by atomic mass is 9.98. The maximum Gasteiger partial charge on any atom is 0.203 e. The summed E-state index contributed by atoms with van der Waals surface area (Å²) >= 11 is 0. The van der Waals surface area contributed by atoms with Gasteiger partial charge in [0.1, 0.15) is 0 Å². The zero-order chi connectivity index (χ0) is 14.5. The standard InChI is InChI=1S/C16H19NO3/c1-18-14-9-8-13(15(19-2)16(14)20-3)12-7-5-4-6-11(12)10-17/h4-9H,10,17H2,1-3H3. The van der Waals surface area contributed by atoms with E-state index in [0.29, 0.717) is 23.8 Å². The van der Waals surface area contributed by atoms with E-state index >= 15 is 0 Å². The molecule has 0 aliphatic carbocycles. The maximum absolute atomic E-state index is 5.81. The average molecular weight is 273 g/mol. The Bertz CT molecular complexity index is 596. The van der Waals surface area contributed by atoms with Gasteiger partial charge in [-0.3, -0.25) is 0 Å². The first-order valence-corrected chi connectivity index (χ1v) is 6.34. The summed E-state index contributed by atoms with van der Waals surface area (Å²) in [5, 5.41) is 0. The van der Waals surface area contributed by atoms with Crippen LogP contribution in [0.5, 0.6) is 17.2 Å². The molecule has 0 radical (unpaired) electrons. The number of nitrogens with two attached hydrogens (primary N) is 1. The first-order valence-electron chi connectivity index (χ1n) is 6.34. The highest BCUT2D eigenvalue weighted by molar-refractivity contribution is 5.78. The molecule has 20 heavy (non-hydrogen) atoms. The Kier molecular flexibility index (Phi) is 4.48. The summed E-state index contributed by atoms with van der Waals surface area (Å²) in [5.41, 5.74) is 8.83. The van der Waals surface area contributed by atoms with Crippen molar-refractivity contribution in [2.45, 2.75) is 6.54 Å². The van der Waals surface area contributed by atoms with Crippen LogP contribution in [0, 0.1) is 0 Å². The molecule has 0 fully saturated rings. The summed E-state index contributed by atoms with van der Waals surface area (Å²) in [6, 6.07) is 11.8. The molecular formula is C16H19NO3. The van der Waals surface area contributed by atoms with Crippen LogP contribution in [0.1, 0.15) is 5.56 Å². The Morgan fingerprint density at radius 1 is 0.800 bits per heavy atom. The van der Waals surface area contributed by atoms with Gasteiger partial charge in [0.25, 0.3) is 0 Å². The quantitative estimate of drug-likeness (QED) is 0.910. The summed E-state index contributed by atoms with van der Waals surface area (Å²) in [6.07, 6.45) is 0. The van der Waals surface area contributed by atoms with Gasteiger partial charge in [-0.2, -0.15) is 0 Å². The number of rotatable bonds is 5. The monoisotopic (exact) mass is 273 g/mol. The fraction of sp³-hybridized carbons (Fsp3) is 0.250. The predicted molar refractivity (Wildman–Crippen MR) is 79.4 cm³/mol. The molecule has 0 aliphatic heterocycles. The number of benzene rings is 2. The van der Waals surface area contributed by atoms with Gasteiger partial charge in [-0.25, -0.2) is 0 Å². The number of hydrogen-bond acceptors (Lipinski definition) is 4.